The van der Waals surface area contributed by atoms with Crippen molar-refractivity contribution in [2.75, 3.05) is 0 Å². The van der Waals surface area contributed by atoms with Crippen LogP contribution < -0.4 is 0 Å². The Bertz CT molecular complexity index is 467. The van der Waals surface area contributed by atoms with E-state index < -0.39 is 35.4 Å². The minimum absolute atomic E-state index is 0.160. The molecule has 0 saturated heterocycles. The molecule has 2 nitrogen and oxygen atoms in total. The molecule has 0 aliphatic heterocycles. The standard InChI is InChI=1S/C11H8F4O2/c12-9-2-1-5(11(13,14)15)3-7(9)6-4-8(6)10(16)17/h1-3,6,8H,4H2,(H,16,17). The van der Waals surface area contributed by atoms with Crippen molar-refractivity contribution in [1.29, 1.82) is 0 Å². The molecule has 1 fully saturated rings. The van der Waals surface area contributed by atoms with E-state index in [1.807, 2.05) is 0 Å². The normalized spacial score (nSPS) is 23.5. The maximum absolute atomic E-state index is 13.3. The quantitative estimate of drug-likeness (QED) is 0.817. The van der Waals surface area contributed by atoms with E-state index in [-0.39, 0.29) is 12.0 Å². The summed E-state index contributed by atoms with van der Waals surface area (Å²) in [6, 6.07) is 2.08. The molecule has 0 heterocycles. The summed E-state index contributed by atoms with van der Waals surface area (Å²) >= 11 is 0. The Balaban J connectivity index is 2.32. The van der Waals surface area contributed by atoms with Gasteiger partial charge in [-0.1, -0.05) is 0 Å². The molecule has 0 aromatic heterocycles. The van der Waals surface area contributed by atoms with Crippen molar-refractivity contribution in [3.63, 3.8) is 0 Å². The number of hydrogen-bond donors (Lipinski definition) is 1. The second kappa shape index (κ2) is 3.72. The predicted molar refractivity (Wildman–Crippen MR) is 49.9 cm³/mol. The average Bonchev–Trinajstić information content (AvgIpc) is 2.96. The van der Waals surface area contributed by atoms with Crippen molar-refractivity contribution in [3.05, 3.63) is 35.1 Å². The van der Waals surface area contributed by atoms with Crippen LogP contribution in [0.25, 0.3) is 0 Å². The summed E-state index contributed by atoms with van der Waals surface area (Å²) in [6.07, 6.45) is -4.36. The summed E-state index contributed by atoms with van der Waals surface area (Å²) in [7, 11) is 0. The second-order valence-electron chi connectivity index (χ2n) is 4.02. The van der Waals surface area contributed by atoms with Gasteiger partial charge in [0, 0.05) is 5.92 Å². The van der Waals surface area contributed by atoms with Crippen LogP contribution in [-0.4, -0.2) is 11.1 Å². The minimum atomic E-state index is -4.55. The van der Waals surface area contributed by atoms with E-state index in [0.29, 0.717) is 12.1 Å². The number of carboxylic acids is 1. The van der Waals surface area contributed by atoms with Gasteiger partial charge in [-0.05, 0) is 30.2 Å². The number of hydrogen-bond acceptors (Lipinski definition) is 1. The summed E-state index contributed by atoms with van der Waals surface area (Å²) in [6.45, 7) is 0. The van der Waals surface area contributed by atoms with Gasteiger partial charge in [0.1, 0.15) is 5.82 Å². The Morgan fingerprint density at radius 3 is 2.47 bits per heavy atom. The van der Waals surface area contributed by atoms with E-state index >= 15 is 0 Å². The van der Waals surface area contributed by atoms with Gasteiger partial charge in [-0.2, -0.15) is 13.2 Å². The van der Waals surface area contributed by atoms with Crippen LogP contribution in [-0.2, 0) is 11.0 Å². The molecule has 0 bridgehead atoms. The van der Waals surface area contributed by atoms with Crippen molar-refractivity contribution in [2.45, 2.75) is 18.5 Å². The predicted octanol–water partition coefficient (Wildman–Crippen LogP) is 3.03. The van der Waals surface area contributed by atoms with Crippen LogP contribution in [0.2, 0.25) is 0 Å². The van der Waals surface area contributed by atoms with Crippen LogP contribution in [0.3, 0.4) is 0 Å². The fraction of sp³-hybridized carbons (Fsp3) is 0.364. The van der Waals surface area contributed by atoms with Crippen molar-refractivity contribution in [1.82, 2.24) is 0 Å². The Morgan fingerprint density at radius 1 is 1.35 bits per heavy atom. The molecule has 2 unspecified atom stereocenters. The number of benzene rings is 1. The molecule has 1 aliphatic carbocycles. The van der Waals surface area contributed by atoms with Gasteiger partial charge in [0.15, 0.2) is 0 Å². The third-order valence-corrected chi connectivity index (χ3v) is 2.83. The van der Waals surface area contributed by atoms with E-state index in [9.17, 15) is 22.4 Å². The Kier molecular flexibility index (Phi) is 2.60. The summed E-state index contributed by atoms with van der Waals surface area (Å²) in [5.74, 6) is -3.30. The maximum atomic E-state index is 13.3. The monoisotopic (exact) mass is 248 g/mol. The van der Waals surface area contributed by atoms with Gasteiger partial charge in [0.25, 0.3) is 0 Å². The molecule has 6 heteroatoms. The SMILES string of the molecule is O=C(O)C1CC1c1cc(C(F)(F)F)ccc1F. The summed E-state index contributed by atoms with van der Waals surface area (Å²) in [4.78, 5) is 10.6. The third-order valence-electron chi connectivity index (χ3n) is 2.83. The number of carbonyl (C=O) groups is 1. The highest BCUT2D eigenvalue weighted by molar-refractivity contribution is 5.75. The number of carboxylic acid groups (broad SMARTS) is 1. The molecule has 1 saturated carbocycles. The highest BCUT2D eigenvalue weighted by atomic mass is 19.4. The molecule has 17 heavy (non-hydrogen) atoms. The molecular weight excluding hydrogens is 240 g/mol. The van der Waals surface area contributed by atoms with Crippen LogP contribution in [0.1, 0.15) is 23.5 Å². The summed E-state index contributed by atoms with van der Waals surface area (Å²) in [5.41, 5.74) is -1.11. The lowest BCUT2D eigenvalue weighted by Gasteiger charge is -2.09. The summed E-state index contributed by atoms with van der Waals surface area (Å²) in [5, 5.41) is 8.66. The van der Waals surface area contributed by atoms with E-state index in [2.05, 4.69) is 0 Å². The molecule has 1 aromatic carbocycles. The van der Waals surface area contributed by atoms with E-state index in [1.165, 1.54) is 0 Å². The molecule has 0 spiro atoms. The molecular formula is C11H8F4O2. The zero-order valence-corrected chi connectivity index (χ0v) is 8.46. The van der Waals surface area contributed by atoms with Crippen LogP contribution in [0, 0.1) is 11.7 Å². The third kappa shape index (κ3) is 2.25. The average molecular weight is 248 g/mol. The first-order valence-electron chi connectivity index (χ1n) is 4.90. The molecule has 1 aromatic rings. The smallest absolute Gasteiger partial charge is 0.416 e. The van der Waals surface area contributed by atoms with Gasteiger partial charge in [0.05, 0.1) is 11.5 Å². The lowest BCUT2D eigenvalue weighted by molar-refractivity contribution is -0.138. The fourth-order valence-electron chi connectivity index (χ4n) is 1.82. The molecule has 2 rings (SSSR count). The van der Waals surface area contributed by atoms with Crippen molar-refractivity contribution >= 4 is 5.97 Å². The first-order valence-corrected chi connectivity index (χ1v) is 4.90. The topological polar surface area (TPSA) is 37.3 Å². The molecule has 0 amide bonds. The second-order valence-corrected chi connectivity index (χ2v) is 4.02. The Labute approximate surface area is 93.9 Å². The number of aliphatic carboxylic acids is 1. The lowest BCUT2D eigenvalue weighted by atomic mass is 10.0. The van der Waals surface area contributed by atoms with Crippen molar-refractivity contribution in [3.8, 4) is 0 Å². The first kappa shape index (κ1) is 11.9. The lowest BCUT2D eigenvalue weighted by Crippen LogP contribution is -2.07. The minimum Gasteiger partial charge on any atom is -0.481 e. The van der Waals surface area contributed by atoms with E-state index in [1.54, 1.807) is 0 Å². The fourth-order valence-corrected chi connectivity index (χ4v) is 1.82. The van der Waals surface area contributed by atoms with E-state index in [0.717, 1.165) is 6.07 Å². The number of alkyl halides is 3. The largest absolute Gasteiger partial charge is 0.481 e. The van der Waals surface area contributed by atoms with Crippen molar-refractivity contribution in [2.24, 2.45) is 5.92 Å². The van der Waals surface area contributed by atoms with Crippen LogP contribution >= 0.6 is 0 Å². The Hall–Kier alpha value is -1.59. The van der Waals surface area contributed by atoms with Gasteiger partial charge >= 0.3 is 12.1 Å². The van der Waals surface area contributed by atoms with Crippen LogP contribution in [0.5, 0.6) is 0 Å². The summed E-state index contributed by atoms with van der Waals surface area (Å²) < 4.78 is 50.5. The van der Waals surface area contributed by atoms with Crippen LogP contribution in [0.15, 0.2) is 18.2 Å². The molecule has 0 radical (unpaired) electrons. The van der Waals surface area contributed by atoms with E-state index in [4.69, 9.17) is 5.11 Å². The number of rotatable bonds is 2. The molecule has 92 valence electrons. The van der Waals surface area contributed by atoms with Gasteiger partial charge in [-0.15, -0.1) is 0 Å². The molecule has 2 atom stereocenters. The maximum Gasteiger partial charge on any atom is 0.416 e. The molecule has 1 aliphatic rings. The Morgan fingerprint density at radius 2 is 2.00 bits per heavy atom. The van der Waals surface area contributed by atoms with Crippen LogP contribution in [0.4, 0.5) is 17.6 Å². The zero-order valence-electron chi connectivity index (χ0n) is 8.46. The van der Waals surface area contributed by atoms with Crippen molar-refractivity contribution < 1.29 is 27.5 Å². The number of halogens is 4. The van der Waals surface area contributed by atoms with Gasteiger partial charge in [-0.3, -0.25) is 4.79 Å². The highest BCUT2D eigenvalue weighted by Crippen LogP contribution is 2.49. The highest BCUT2D eigenvalue weighted by Gasteiger charge is 2.46. The first-order chi connectivity index (χ1) is 7.80. The van der Waals surface area contributed by atoms with Gasteiger partial charge in [-0.25, -0.2) is 4.39 Å². The zero-order chi connectivity index (χ0) is 12.8. The molecule has 1 N–H and O–H groups in total. The van der Waals surface area contributed by atoms with Gasteiger partial charge in [0.2, 0.25) is 0 Å². The van der Waals surface area contributed by atoms with Gasteiger partial charge < -0.3 is 5.11 Å².